The van der Waals surface area contributed by atoms with Crippen molar-refractivity contribution in [1.82, 2.24) is 0 Å². The lowest BCUT2D eigenvalue weighted by atomic mass is 10.1. The van der Waals surface area contributed by atoms with Gasteiger partial charge in [0.25, 0.3) is 0 Å². The van der Waals surface area contributed by atoms with E-state index in [1.54, 1.807) is 27.4 Å². The molecule has 2 aromatic carbocycles. The molecule has 16 heavy (non-hydrogen) atoms. The SMILES string of the molecule is COc1c[c]c(OC)c2c(OC)cccc12. The standard InChI is InChI=1S/C13H13O3/c1-14-10-7-8-12(16-3)13-9(10)5-4-6-11(13)15-2/h4-7H,1-3H3. The maximum absolute atomic E-state index is 5.31. The van der Waals surface area contributed by atoms with E-state index in [0.29, 0.717) is 5.75 Å². The van der Waals surface area contributed by atoms with Gasteiger partial charge in [0, 0.05) is 11.5 Å². The Kier molecular flexibility index (Phi) is 2.86. The number of fused-ring (bicyclic) bond motifs is 1. The van der Waals surface area contributed by atoms with E-state index in [9.17, 15) is 0 Å². The van der Waals surface area contributed by atoms with Crippen LogP contribution in [0.25, 0.3) is 10.8 Å². The van der Waals surface area contributed by atoms with Gasteiger partial charge >= 0.3 is 0 Å². The Morgan fingerprint density at radius 2 is 1.69 bits per heavy atom. The third-order valence-electron chi connectivity index (χ3n) is 2.50. The summed E-state index contributed by atoms with van der Waals surface area (Å²) in [5.74, 6) is 2.17. The molecular weight excluding hydrogens is 204 g/mol. The molecule has 2 aromatic rings. The second-order valence-electron chi connectivity index (χ2n) is 3.27. The van der Waals surface area contributed by atoms with E-state index in [2.05, 4.69) is 6.07 Å². The van der Waals surface area contributed by atoms with Crippen LogP contribution in [0.1, 0.15) is 0 Å². The summed E-state index contributed by atoms with van der Waals surface area (Å²) >= 11 is 0. The summed E-state index contributed by atoms with van der Waals surface area (Å²) in [6.45, 7) is 0. The third-order valence-corrected chi connectivity index (χ3v) is 2.50. The number of rotatable bonds is 3. The number of ether oxygens (including phenoxy) is 3. The lowest BCUT2D eigenvalue weighted by Gasteiger charge is -2.12. The maximum atomic E-state index is 5.31. The number of benzene rings is 2. The van der Waals surface area contributed by atoms with Crippen LogP contribution in [0.5, 0.6) is 17.2 Å². The molecule has 0 heterocycles. The van der Waals surface area contributed by atoms with Gasteiger partial charge in [0.2, 0.25) is 0 Å². The van der Waals surface area contributed by atoms with Gasteiger partial charge in [0.15, 0.2) is 0 Å². The zero-order chi connectivity index (χ0) is 11.5. The fraction of sp³-hybridized carbons (Fsp3) is 0.231. The molecule has 0 aliphatic rings. The van der Waals surface area contributed by atoms with Gasteiger partial charge < -0.3 is 14.2 Å². The highest BCUT2D eigenvalue weighted by Crippen LogP contribution is 2.38. The first-order chi connectivity index (χ1) is 7.81. The number of hydrogen-bond acceptors (Lipinski definition) is 3. The zero-order valence-corrected chi connectivity index (χ0v) is 9.53. The van der Waals surface area contributed by atoms with Crippen molar-refractivity contribution in [2.75, 3.05) is 21.3 Å². The second-order valence-corrected chi connectivity index (χ2v) is 3.27. The molecule has 0 saturated carbocycles. The largest absolute Gasteiger partial charge is 0.496 e. The van der Waals surface area contributed by atoms with Gasteiger partial charge in [-0.25, -0.2) is 0 Å². The van der Waals surface area contributed by atoms with Gasteiger partial charge in [0.1, 0.15) is 17.2 Å². The predicted octanol–water partition coefficient (Wildman–Crippen LogP) is 2.67. The van der Waals surface area contributed by atoms with Crippen molar-refractivity contribution in [2.24, 2.45) is 0 Å². The van der Waals surface area contributed by atoms with E-state index in [1.165, 1.54) is 0 Å². The molecule has 2 rings (SSSR count). The van der Waals surface area contributed by atoms with Crippen LogP contribution in [0.15, 0.2) is 24.3 Å². The topological polar surface area (TPSA) is 27.7 Å². The first kappa shape index (κ1) is 10.6. The molecule has 3 heteroatoms. The average molecular weight is 217 g/mol. The summed E-state index contributed by atoms with van der Waals surface area (Å²) in [4.78, 5) is 0. The van der Waals surface area contributed by atoms with Crippen molar-refractivity contribution in [1.29, 1.82) is 0 Å². The third kappa shape index (κ3) is 1.54. The Balaban J connectivity index is 2.84. The van der Waals surface area contributed by atoms with Crippen molar-refractivity contribution in [3.05, 3.63) is 30.3 Å². The van der Waals surface area contributed by atoms with Crippen molar-refractivity contribution < 1.29 is 14.2 Å². The first-order valence-electron chi connectivity index (χ1n) is 4.91. The minimum absolute atomic E-state index is 0.660. The summed E-state index contributed by atoms with van der Waals surface area (Å²) in [5, 5.41) is 1.84. The molecule has 0 spiro atoms. The van der Waals surface area contributed by atoms with Gasteiger partial charge in [-0.1, -0.05) is 12.1 Å². The molecule has 0 amide bonds. The smallest absolute Gasteiger partial charge is 0.138 e. The minimum Gasteiger partial charge on any atom is -0.496 e. The van der Waals surface area contributed by atoms with Crippen LogP contribution < -0.4 is 14.2 Å². The molecule has 3 nitrogen and oxygen atoms in total. The lowest BCUT2D eigenvalue weighted by molar-refractivity contribution is 0.400. The Hall–Kier alpha value is -1.90. The number of methoxy groups -OCH3 is 3. The average Bonchev–Trinajstić information content (AvgIpc) is 2.36. The molecule has 0 bridgehead atoms. The van der Waals surface area contributed by atoms with Gasteiger partial charge in [-0.2, -0.15) is 0 Å². The summed E-state index contributed by atoms with van der Waals surface area (Å²) in [6.07, 6.45) is 0. The summed E-state index contributed by atoms with van der Waals surface area (Å²) in [5.41, 5.74) is 0. The lowest BCUT2D eigenvalue weighted by Crippen LogP contribution is -1.92. The van der Waals surface area contributed by atoms with Gasteiger partial charge in [-0.15, -0.1) is 0 Å². The van der Waals surface area contributed by atoms with E-state index in [-0.39, 0.29) is 0 Å². The maximum Gasteiger partial charge on any atom is 0.138 e. The Morgan fingerprint density at radius 1 is 0.938 bits per heavy atom. The molecule has 0 saturated heterocycles. The van der Waals surface area contributed by atoms with E-state index >= 15 is 0 Å². The van der Waals surface area contributed by atoms with Crippen molar-refractivity contribution in [3.63, 3.8) is 0 Å². The highest BCUT2D eigenvalue weighted by Gasteiger charge is 2.11. The molecule has 0 aromatic heterocycles. The normalized spacial score (nSPS) is 10.2. The van der Waals surface area contributed by atoms with Crippen LogP contribution in [-0.4, -0.2) is 21.3 Å². The van der Waals surface area contributed by atoms with E-state index < -0.39 is 0 Å². The fourth-order valence-electron chi connectivity index (χ4n) is 1.75. The molecule has 83 valence electrons. The van der Waals surface area contributed by atoms with Crippen LogP contribution in [0.4, 0.5) is 0 Å². The van der Waals surface area contributed by atoms with E-state index in [1.807, 2.05) is 18.2 Å². The minimum atomic E-state index is 0.660. The predicted molar refractivity (Wildman–Crippen MR) is 62.4 cm³/mol. The number of hydrogen-bond donors (Lipinski definition) is 0. The quantitative estimate of drug-likeness (QED) is 0.791. The Labute approximate surface area is 94.5 Å². The molecule has 0 atom stereocenters. The van der Waals surface area contributed by atoms with E-state index in [0.717, 1.165) is 22.3 Å². The second kappa shape index (κ2) is 4.31. The van der Waals surface area contributed by atoms with Crippen LogP contribution in [0, 0.1) is 6.07 Å². The van der Waals surface area contributed by atoms with E-state index in [4.69, 9.17) is 14.2 Å². The van der Waals surface area contributed by atoms with Gasteiger partial charge in [-0.3, -0.25) is 0 Å². The van der Waals surface area contributed by atoms with Crippen LogP contribution in [-0.2, 0) is 0 Å². The molecular formula is C13H13O3. The Bertz CT molecular complexity index is 495. The van der Waals surface area contributed by atoms with Crippen LogP contribution in [0.3, 0.4) is 0 Å². The molecule has 0 unspecified atom stereocenters. The summed E-state index contributed by atoms with van der Waals surface area (Å²) in [7, 11) is 4.88. The molecule has 0 aliphatic heterocycles. The zero-order valence-electron chi connectivity index (χ0n) is 9.53. The Morgan fingerprint density at radius 3 is 2.31 bits per heavy atom. The van der Waals surface area contributed by atoms with Gasteiger partial charge in [-0.05, 0) is 12.1 Å². The molecule has 1 radical (unpaired) electrons. The highest BCUT2D eigenvalue weighted by atomic mass is 16.5. The summed E-state index contributed by atoms with van der Waals surface area (Å²) < 4.78 is 15.9. The monoisotopic (exact) mass is 217 g/mol. The van der Waals surface area contributed by atoms with Crippen molar-refractivity contribution >= 4 is 10.8 Å². The molecule has 0 N–H and O–H groups in total. The fourth-order valence-corrected chi connectivity index (χ4v) is 1.75. The van der Waals surface area contributed by atoms with Crippen LogP contribution in [0.2, 0.25) is 0 Å². The summed E-state index contributed by atoms with van der Waals surface area (Å²) in [6, 6.07) is 10.6. The molecule has 0 aliphatic carbocycles. The van der Waals surface area contributed by atoms with Gasteiger partial charge in [0.05, 0.1) is 26.7 Å². The van der Waals surface area contributed by atoms with Crippen molar-refractivity contribution in [3.8, 4) is 17.2 Å². The highest BCUT2D eigenvalue weighted by molar-refractivity contribution is 5.97. The van der Waals surface area contributed by atoms with Crippen molar-refractivity contribution in [2.45, 2.75) is 0 Å². The van der Waals surface area contributed by atoms with Crippen LogP contribution >= 0.6 is 0 Å². The first-order valence-corrected chi connectivity index (χ1v) is 4.91. The molecule has 0 fully saturated rings.